The summed E-state index contributed by atoms with van der Waals surface area (Å²) in [4.78, 5) is 36.3. The van der Waals surface area contributed by atoms with Crippen LogP contribution in [0, 0.1) is 0 Å². The smallest absolute Gasteiger partial charge is 0.411 e. The van der Waals surface area contributed by atoms with Gasteiger partial charge in [0.15, 0.2) is 5.13 Å². The molecule has 1 fully saturated rings. The van der Waals surface area contributed by atoms with Gasteiger partial charge in [-0.05, 0) is 44.0 Å². The number of morpholine rings is 1. The number of thiazole rings is 1. The SMILES string of the molecule is CN(C(=O)O)c1ccc2[nH]cc(C[C@H]3COCCN3c3nc4c(s3)C(=O)NC(C)(C)C4)c2c1. The molecule has 0 spiro atoms. The number of benzene rings is 1. The van der Waals surface area contributed by atoms with Crippen molar-refractivity contribution in [3.63, 3.8) is 0 Å². The van der Waals surface area contributed by atoms with E-state index in [-0.39, 0.29) is 17.5 Å². The third-order valence-electron chi connectivity index (χ3n) is 6.31. The molecule has 0 bridgehead atoms. The Morgan fingerprint density at radius 2 is 2.24 bits per heavy atom. The van der Waals surface area contributed by atoms with Crippen molar-refractivity contribution in [2.24, 2.45) is 0 Å². The Morgan fingerprint density at radius 1 is 1.42 bits per heavy atom. The lowest BCUT2D eigenvalue weighted by atomic mass is 9.94. The van der Waals surface area contributed by atoms with Crippen LogP contribution in [0.1, 0.15) is 34.8 Å². The highest BCUT2D eigenvalue weighted by Crippen LogP contribution is 2.35. The van der Waals surface area contributed by atoms with Gasteiger partial charge in [-0.3, -0.25) is 9.69 Å². The number of carboxylic acid groups (broad SMARTS) is 1. The lowest BCUT2D eigenvalue weighted by Gasteiger charge is -2.35. The lowest BCUT2D eigenvalue weighted by Crippen LogP contribution is -2.48. The van der Waals surface area contributed by atoms with Crippen LogP contribution in [0.25, 0.3) is 10.9 Å². The first-order valence-electron chi connectivity index (χ1n) is 10.9. The Bertz CT molecular complexity index is 1230. The van der Waals surface area contributed by atoms with Gasteiger partial charge in [-0.25, -0.2) is 9.78 Å². The van der Waals surface area contributed by atoms with E-state index in [1.54, 1.807) is 6.07 Å². The number of aromatic amines is 1. The number of amides is 2. The monoisotopic (exact) mass is 469 g/mol. The lowest BCUT2D eigenvalue weighted by molar-refractivity contribution is 0.0900. The van der Waals surface area contributed by atoms with E-state index >= 15 is 0 Å². The summed E-state index contributed by atoms with van der Waals surface area (Å²) >= 11 is 1.45. The number of rotatable bonds is 4. The highest BCUT2D eigenvalue weighted by atomic mass is 32.1. The summed E-state index contributed by atoms with van der Waals surface area (Å²) in [5, 5.41) is 14.2. The van der Waals surface area contributed by atoms with Gasteiger partial charge in [0.2, 0.25) is 0 Å². The van der Waals surface area contributed by atoms with Gasteiger partial charge in [-0.1, -0.05) is 11.3 Å². The summed E-state index contributed by atoms with van der Waals surface area (Å²) in [6.07, 6.45) is 2.40. The second kappa shape index (κ2) is 8.03. The molecule has 2 aliphatic rings. The maximum absolute atomic E-state index is 12.6. The number of anilines is 2. The number of hydrogen-bond donors (Lipinski definition) is 3. The second-order valence-electron chi connectivity index (χ2n) is 9.30. The maximum atomic E-state index is 12.6. The molecule has 2 aliphatic heterocycles. The number of H-pyrrole nitrogens is 1. The van der Waals surface area contributed by atoms with E-state index in [0.717, 1.165) is 27.3 Å². The quantitative estimate of drug-likeness (QED) is 0.541. The van der Waals surface area contributed by atoms with E-state index in [0.29, 0.717) is 43.2 Å². The van der Waals surface area contributed by atoms with Crippen molar-refractivity contribution >= 4 is 45.1 Å². The highest BCUT2D eigenvalue weighted by Gasteiger charge is 2.35. The number of hydrogen-bond acceptors (Lipinski definition) is 6. The molecule has 1 saturated heterocycles. The van der Waals surface area contributed by atoms with Gasteiger partial charge in [-0.15, -0.1) is 0 Å². The third-order valence-corrected chi connectivity index (χ3v) is 7.44. The molecule has 0 radical (unpaired) electrons. The molecule has 174 valence electrons. The Morgan fingerprint density at radius 3 is 3.03 bits per heavy atom. The minimum absolute atomic E-state index is 0.0542. The summed E-state index contributed by atoms with van der Waals surface area (Å²) < 4.78 is 5.80. The Balaban J connectivity index is 1.44. The van der Waals surface area contributed by atoms with Crippen molar-refractivity contribution in [3.8, 4) is 0 Å². The molecule has 4 heterocycles. The van der Waals surface area contributed by atoms with Crippen LogP contribution in [-0.2, 0) is 17.6 Å². The molecule has 1 aromatic carbocycles. The van der Waals surface area contributed by atoms with E-state index < -0.39 is 6.09 Å². The molecule has 9 nitrogen and oxygen atoms in total. The van der Waals surface area contributed by atoms with Crippen LogP contribution in [0.2, 0.25) is 0 Å². The highest BCUT2D eigenvalue weighted by molar-refractivity contribution is 7.17. The summed E-state index contributed by atoms with van der Waals surface area (Å²) in [7, 11) is 1.54. The van der Waals surface area contributed by atoms with Crippen molar-refractivity contribution in [3.05, 3.63) is 40.5 Å². The van der Waals surface area contributed by atoms with Crippen molar-refractivity contribution in [2.45, 2.75) is 38.3 Å². The molecule has 0 aliphatic carbocycles. The predicted molar refractivity (Wildman–Crippen MR) is 128 cm³/mol. The number of nitrogens with zero attached hydrogens (tertiary/aromatic N) is 3. The first kappa shape index (κ1) is 21.7. The molecule has 5 rings (SSSR count). The summed E-state index contributed by atoms with van der Waals surface area (Å²) in [5.41, 5.74) is 3.23. The fraction of sp³-hybridized carbons (Fsp3) is 0.435. The van der Waals surface area contributed by atoms with Crippen LogP contribution in [0.4, 0.5) is 15.6 Å². The molecular formula is C23H27N5O4S. The molecule has 10 heteroatoms. The molecule has 33 heavy (non-hydrogen) atoms. The van der Waals surface area contributed by atoms with Gasteiger partial charge in [0, 0.05) is 48.3 Å². The normalized spacial score (nSPS) is 19.9. The number of carbonyl (C=O) groups is 2. The zero-order chi connectivity index (χ0) is 23.3. The van der Waals surface area contributed by atoms with Crippen molar-refractivity contribution in [1.82, 2.24) is 15.3 Å². The predicted octanol–water partition coefficient (Wildman–Crippen LogP) is 3.25. The first-order chi connectivity index (χ1) is 15.7. The van der Waals surface area contributed by atoms with Gasteiger partial charge < -0.3 is 25.0 Å². The molecule has 1 atom stereocenters. The van der Waals surface area contributed by atoms with Crippen LogP contribution in [0.3, 0.4) is 0 Å². The van der Waals surface area contributed by atoms with E-state index in [1.807, 2.05) is 32.2 Å². The maximum Gasteiger partial charge on any atom is 0.411 e. The van der Waals surface area contributed by atoms with Crippen molar-refractivity contribution < 1.29 is 19.4 Å². The second-order valence-corrected chi connectivity index (χ2v) is 10.3. The molecule has 2 aromatic heterocycles. The molecule has 0 unspecified atom stereocenters. The van der Waals surface area contributed by atoms with E-state index in [9.17, 15) is 14.7 Å². The third kappa shape index (κ3) is 4.04. The van der Waals surface area contributed by atoms with Gasteiger partial charge in [0.1, 0.15) is 4.88 Å². The number of fused-ring (bicyclic) bond motifs is 2. The minimum atomic E-state index is -1.00. The molecule has 0 saturated carbocycles. The zero-order valence-corrected chi connectivity index (χ0v) is 19.7. The van der Waals surface area contributed by atoms with E-state index in [2.05, 4.69) is 15.2 Å². The Labute approximate surface area is 195 Å². The van der Waals surface area contributed by atoms with Crippen molar-refractivity contribution in [1.29, 1.82) is 0 Å². The number of aromatic nitrogens is 2. The van der Waals surface area contributed by atoms with Crippen LogP contribution < -0.4 is 15.1 Å². The summed E-state index contributed by atoms with van der Waals surface area (Å²) in [5.74, 6) is -0.0542. The summed E-state index contributed by atoms with van der Waals surface area (Å²) in [6.45, 7) is 5.90. The number of ether oxygens (including phenoxy) is 1. The zero-order valence-electron chi connectivity index (χ0n) is 18.8. The van der Waals surface area contributed by atoms with Crippen molar-refractivity contribution in [2.75, 3.05) is 36.6 Å². The molecule has 3 aromatic rings. The molecule has 2 amide bonds. The first-order valence-corrected chi connectivity index (χ1v) is 11.8. The van der Waals surface area contributed by atoms with Crippen LogP contribution in [0.5, 0.6) is 0 Å². The van der Waals surface area contributed by atoms with E-state index in [1.165, 1.54) is 23.3 Å². The Hall–Kier alpha value is -3.11. The average molecular weight is 470 g/mol. The standard InChI is InChI=1S/C23H27N5O4S/c1-23(2)10-18-19(20(29)26-23)33-21(25-18)28-6-7-32-12-15(28)8-13-11-24-17-5-4-14(9-16(13)17)27(3)22(30)31/h4-5,9,11,15,24H,6-8,10,12H2,1-3H3,(H,26,29)(H,30,31)/t15-/m0/s1. The molecule has 3 N–H and O–H groups in total. The van der Waals surface area contributed by atoms with Crippen LogP contribution >= 0.6 is 11.3 Å². The van der Waals surface area contributed by atoms with Gasteiger partial charge >= 0.3 is 6.09 Å². The van der Waals surface area contributed by atoms with Gasteiger partial charge in [0.05, 0.1) is 24.9 Å². The van der Waals surface area contributed by atoms with Gasteiger partial charge in [-0.2, -0.15) is 0 Å². The van der Waals surface area contributed by atoms with Crippen LogP contribution in [-0.4, -0.2) is 65.5 Å². The fourth-order valence-corrected chi connectivity index (χ4v) is 5.65. The van der Waals surface area contributed by atoms with Crippen LogP contribution in [0.15, 0.2) is 24.4 Å². The average Bonchev–Trinajstić information content (AvgIpc) is 3.37. The van der Waals surface area contributed by atoms with E-state index in [4.69, 9.17) is 9.72 Å². The summed E-state index contributed by atoms with van der Waals surface area (Å²) in [6, 6.07) is 5.65. The number of nitrogens with one attached hydrogen (secondary N) is 2. The topological polar surface area (TPSA) is 111 Å². The fourth-order valence-electron chi connectivity index (χ4n) is 4.57. The minimum Gasteiger partial charge on any atom is -0.465 e. The Kier molecular flexibility index (Phi) is 5.29. The number of carbonyl (C=O) groups excluding carboxylic acids is 1. The van der Waals surface area contributed by atoms with Gasteiger partial charge in [0.25, 0.3) is 5.91 Å². The largest absolute Gasteiger partial charge is 0.465 e. The molecular weight excluding hydrogens is 442 g/mol.